The standard InChI is InChI=1S/C5H8N2O.C2H6.H2/c1-4-3-7(2)6-5(4)8;1-2;/h3H,1-2H3,(H,6,8);1-2H3;1H. The minimum absolute atomic E-state index is 0. The van der Waals surface area contributed by atoms with Crippen LogP contribution >= 0.6 is 0 Å². The van der Waals surface area contributed by atoms with Crippen LogP contribution in [0.15, 0.2) is 11.0 Å². The van der Waals surface area contributed by atoms with Crippen LogP contribution in [-0.2, 0) is 7.05 Å². The lowest BCUT2D eigenvalue weighted by Gasteiger charge is -1.80. The van der Waals surface area contributed by atoms with Crippen LogP contribution in [0.4, 0.5) is 0 Å². The van der Waals surface area contributed by atoms with Gasteiger partial charge in [-0.05, 0) is 6.92 Å². The van der Waals surface area contributed by atoms with E-state index in [0.29, 0.717) is 0 Å². The SMILES string of the molecule is CC.Cc1cn(C)[nH]c1=O.[HH]. The van der Waals surface area contributed by atoms with E-state index in [0.717, 1.165) is 5.56 Å². The zero-order valence-electron chi connectivity index (χ0n) is 6.93. The van der Waals surface area contributed by atoms with Crippen molar-refractivity contribution in [3.63, 3.8) is 0 Å². The fourth-order valence-corrected chi connectivity index (χ4v) is 0.630. The quantitative estimate of drug-likeness (QED) is 0.585. The molecule has 3 nitrogen and oxygen atoms in total. The maximum absolute atomic E-state index is 10.6. The number of H-pyrrole nitrogens is 1. The van der Waals surface area contributed by atoms with Gasteiger partial charge in [0, 0.05) is 20.2 Å². The molecular formula is C7H16N2O. The first kappa shape index (κ1) is 9.01. The highest BCUT2D eigenvalue weighted by atomic mass is 16.1. The molecule has 1 aromatic rings. The molecule has 60 valence electrons. The van der Waals surface area contributed by atoms with E-state index in [1.165, 1.54) is 0 Å². The highest BCUT2D eigenvalue weighted by molar-refractivity contribution is 4.99. The summed E-state index contributed by atoms with van der Waals surface area (Å²) in [6.45, 7) is 5.78. The van der Waals surface area contributed by atoms with Crippen molar-refractivity contribution in [1.82, 2.24) is 9.78 Å². The van der Waals surface area contributed by atoms with Crippen molar-refractivity contribution < 1.29 is 1.43 Å². The Labute approximate surface area is 62.2 Å². The molecule has 0 aliphatic rings. The van der Waals surface area contributed by atoms with Gasteiger partial charge in [0.1, 0.15) is 0 Å². The Hall–Kier alpha value is -0.990. The Morgan fingerprint density at radius 3 is 2.20 bits per heavy atom. The molecule has 10 heavy (non-hydrogen) atoms. The van der Waals surface area contributed by atoms with E-state index in [4.69, 9.17) is 0 Å². The molecule has 1 heterocycles. The molecular weight excluding hydrogens is 128 g/mol. The second-order valence-electron chi connectivity index (χ2n) is 1.86. The summed E-state index contributed by atoms with van der Waals surface area (Å²) in [6, 6.07) is 0. The zero-order valence-corrected chi connectivity index (χ0v) is 6.93. The van der Waals surface area contributed by atoms with E-state index in [1.54, 1.807) is 24.9 Å². The molecule has 0 fully saturated rings. The van der Waals surface area contributed by atoms with Crippen molar-refractivity contribution in [2.45, 2.75) is 20.8 Å². The average molecular weight is 144 g/mol. The fraction of sp³-hybridized carbons (Fsp3) is 0.571. The summed E-state index contributed by atoms with van der Waals surface area (Å²) in [5, 5.41) is 2.57. The van der Waals surface area contributed by atoms with Gasteiger partial charge in [0.2, 0.25) is 0 Å². The Kier molecular flexibility index (Phi) is 3.54. The van der Waals surface area contributed by atoms with Gasteiger partial charge in [0.05, 0.1) is 0 Å². The first-order valence-electron chi connectivity index (χ1n) is 3.42. The van der Waals surface area contributed by atoms with E-state index in [2.05, 4.69) is 5.10 Å². The molecule has 0 bridgehead atoms. The Morgan fingerprint density at radius 1 is 1.60 bits per heavy atom. The van der Waals surface area contributed by atoms with E-state index in [9.17, 15) is 4.79 Å². The minimum Gasteiger partial charge on any atom is -0.295 e. The minimum atomic E-state index is -0.00694. The van der Waals surface area contributed by atoms with Crippen LogP contribution in [0.3, 0.4) is 0 Å². The highest BCUT2D eigenvalue weighted by Crippen LogP contribution is 1.80. The molecule has 0 radical (unpaired) electrons. The van der Waals surface area contributed by atoms with Gasteiger partial charge in [0.15, 0.2) is 0 Å². The lowest BCUT2D eigenvalue weighted by atomic mass is 10.4. The molecule has 0 saturated carbocycles. The summed E-state index contributed by atoms with van der Waals surface area (Å²) in [5.74, 6) is 0. The summed E-state index contributed by atoms with van der Waals surface area (Å²) in [5.41, 5.74) is 0.750. The van der Waals surface area contributed by atoms with Crippen LogP contribution in [0, 0.1) is 6.92 Å². The van der Waals surface area contributed by atoms with Crippen LogP contribution in [0.1, 0.15) is 20.8 Å². The maximum Gasteiger partial charge on any atom is 0.266 e. The van der Waals surface area contributed by atoms with E-state index in [-0.39, 0.29) is 6.99 Å². The first-order chi connectivity index (χ1) is 4.70. The van der Waals surface area contributed by atoms with Crippen molar-refractivity contribution in [3.8, 4) is 0 Å². The number of aromatic amines is 1. The molecule has 0 saturated heterocycles. The largest absolute Gasteiger partial charge is 0.295 e. The van der Waals surface area contributed by atoms with Gasteiger partial charge in [-0.1, -0.05) is 13.8 Å². The second kappa shape index (κ2) is 3.93. The first-order valence-corrected chi connectivity index (χ1v) is 3.42. The summed E-state index contributed by atoms with van der Waals surface area (Å²) in [4.78, 5) is 10.6. The second-order valence-corrected chi connectivity index (χ2v) is 1.86. The maximum atomic E-state index is 10.6. The molecule has 0 spiro atoms. The van der Waals surface area contributed by atoms with Crippen LogP contribution < -0.4 is 5.56 Å². The molecule has 0 aliphatic heterocycles. The third-order valence-corrected chi connectivity index (χ3v) is 1.02. The van der Waals surface area contributed by atoms with Gasteiger partial charge in [-0.25, -0.2) is 0 Å². The Balaban J connectivity index is 0. The number of nitrogens with one attached hydrogen (secondary N) is 1. The number of aromatic nitrogens is 2. The number of hydrogen-bond acceptors (Lipinski definition) is 1. The number of aryl methyl sites for hydroxylation is 2. The molecule has 0 aromatic carbocycles. The van der Waals surface area contributed by atoms with E-state index < -0.39 is 0 Å². The lowest BCUT2D eigenvalue weighted by molar-refractivity contribution is 0.756. The van der Waals surface area contributed by atoms with E-state index >= 15 is 0 Å². The van der Waals surface area contributed by atoms with Crippen molar-refractivity contribution >= 4 is 0 Å². The summed E-state index contributed by atoms with van der Waals surface area (Å²) >= 11 is 0. The Morgan fingerprint density at radius 2 is 2.10 bits per heavy atom. The van der Waals surface area contributed by atoms with Gasteiger partial charge in [-0.2, -0.15) is 0 Å². The van der Waals surface area contributed by atoms with Crippen LogP contribution in [-0.4, -0.2) is 9.78 Å². The molecule has 1 aromatic heterocycles. The average Bonchev–Trinajstić information content (AvgIpc) is 2.16. The highest BCUT2D eigenvalue weighted by Gasteiger charge is 1.90. The summed E-state index contributed by atoms with van der Waals surface area (Å²) in [6.07, 6.45) is 1.75. The van der Waals surface area contributed by atoms with Gasteiger partial charge in [0.25, 0.3) is 5.56 Å². The predicted octanol–water partition coefficient (Wildman–Crippen LogP) is 1.29. The van der Waals surface area contributed by atoms with Gasteiger partial charge < -0.3 is 0 Å². The molecule has 0 unspecified atom stereocenters. The number of hydrogen-bond donors (Lipinski definition) is 1. The molecule has 1 N–H and O–H groups in total. The van der Waals surface area contributed by atoms with Gasteiger partial charge >= 0.3 is 0 Å². The molecule has 0 atom stereocenters. The predicted molar refractivity (Wildman–Crippen MR) is 44.2 cm³/mol. The normalized spacial score (nSPS) is 8.40. The fourth-order valence-electron chi connectivity index (χ4n) is 0.630. The van der Waals surface area contributed by atoms with E-state index in [1.807, 2.05) is 13.8 Å². The third-order valence-electron chi connectivity index (χ3n) is 1.02. The third kappa shape index (κ3) is 2.09. The number of nitrogens with zero attached hydrogens (tertiary/aromatic N) is 1. The topological polar surface area (TPSA) is 37.8 Å². The van der Waals surface area contributed by atoms with Crippen LogP contribution in [0.5, 0.6) is 0 Å². The van der Waals surface area contributed by atoms with Crippen molar-refractivity contribution in [2.75, 3.05) is 0 Å². The molecule has 0 amide bonds. The monoisotopic (exact) mass is 144 g/mol. The van der Waals surface area contributed by atoms with Gasteiger partial charge in [-0.3, -0.25) is 14.6 Å². The molecule has 1 rings (SSSR count). The van der Waals surface area contributed by atoms with Crippen LogP contribution in [0.25, 0.3) is 0 Å². The van der Waals surface area contributed by atoms with Crippen molar-refractivity contribution in [2.24, 2.45) is 7.05 Å². The number of rotatable bonds is 0. The molecule has 3 heteroatoms. The Bertz CT molecular complexity index is 239. The van der Waals surface area contributed by atoms with Gasteiger partial charge in [-0.15, -0.1) is 0 Å². The smallest absolute Gasteiger partial charge is 0.266 e. The molecule has 0 aliphatic carbocycles. The summed E-state index contributed by atoms with van der Waals surface area (Å²) in [7, 11) is 1.79. The van der Waals surface area contributed by atoms with Crippen molar-refractivity contribution in [3.05, 3.63) is 22.1 Å². The summed E-state index contributed by atoms with van der Waals surface area (Å²) < 4.78 is 1.64. The zero-order chi connectivity index (χ0) is 8.15. The van der Waals surface area contributed by atoms with Crippen molar-refractivity contribution in [1.29, 1.82) is 0 Å². The van der Waals surface area contributed by atoms with Crippen LogP contribution in [0.2, 0.25) is 0 Å². The lowest BCUT2D eigenvalue weighted by Crippen LogP contribution is -2.03.